The van der Waals surface area contributed by atoms with E-state index in [9.17, 15) is 13.2 Å². The standard InChI is InChI=1S/C23H22N4O4S/c1-27(2)20-12-6-10-16-15(20)9-7-13-22(16)32(29,30)26-25-23(28)19-14-21(31-3)17-8-4-5-11-18(17)24-19/h4-14,26H,1-3H3,(H,25,28). The molecule has 0 saturated heterocycles. The Balaban J connectivity index is 1.64. The van der Waals surface area contributed by atoms with Crippen molar-refractivity contribution < 1.29 is 17.9 Å². The normalized spacial score (nSPS) is 11.5. The molecule has 2 N–H and O–H groups in total. The van der Waals surface area contributed by atoms with Crippen LogP contribution in [0.3, 0.4) is 0 Å². The molecule has 0 aliphatic rings. The fraction of sp³-hybridized carbons (Fsp3) is 0.130. The molecule has 0 unspecified atom stereocenters. The van der Waals surface area contributed by atoms with Gasteiger partial charge in [-0.2, -0.15) is 0 Å². The van der Waals surface area contributed by atoms with Gasteiger partial charge < -0.3 is 9.64 Å². The van der Waals surface area contributed by atoms with Crippen LogP contribution >= 0.6 is 0 Å². The first-order valence-corrected chi connectivity index (χ1v) is 11.2. The number of rotatable bonds is 6. The number of ether oxygens (including phenoxy) is 1. The predicted molar refractivity (Wildman–Crippen MR) is 124 cm³/mol. The third kappa shape index (κ3) is 3.95. The van der Waals surface area contributed by atoms with Gasteiger partial charge in [-0.3, -0.25) is 10.2 Å². The number of nitrogens with one attached hydrogen (secondary N) is 2. The number of benzene rings is 3. The molecule has 32 heavy (non-hydrogen) atoms. The second-order valence-corrected chi connectivity index (χ2v) is 8.96. The molecule has 0 spiro atoms. The molecule has 0 fully saturated rings. The fourth-order valence-corrected chi connectivity index (χ4v) is 4.61. The lowest BCUT2D eigenvalue weighted by Crippen LogP contribution is -2.41. The molecule has 164 valence electrons. The highest BCUT2D eigenvalue weighted by Gasteiger charge is 2.20. The first-order chi connectivity index (χ1) is 15.3. The summed E-state index contributed by atoms with van der Waals surface area (Å²) in [6.45, 7) is 0. The molecule has 0 atom stereocenters. The minimum atomic E-state index is -4.05. The van der Waals surface area contributed by atoms with Gasteiger partial charge >= 0.3 is 0 Å². The van der Waals surface area contributed by atoms with Crippen LogP contribution < -0.4 is 19.9 Å². The lowest BCUT2D eigenvalue weighted by molar-refractivity contribution is 0.0940. The average Bonchev–Trinajstić information content (AvgIpc) is 2.80. The van der Waals surface area contributed by atoms with Gasteiger partial charge in [-0.1, -0.05) is 36.4 Å². The average molecular weight is 451 g/mol. The van der Waals surface area contributed by atoms with Gasteiger partial charge in [0.15, 0.2) is 0 Å². The van der Waals surface area contributed by atoms with Gasteiger partial charge in [-0.05, 0) is 24.3 Å². The summed E-state index contributed by atoms with van der Waals surface area (Å²) >= 11 is 0. The number of methoxy groups -OCH3 is 1. The van der Waals surface area contributed by atoms with E-state index in [0.717, 1.165) is 16.5 Å². The summed E-state index contributed by atoms with van der Waals surface area (Å²) in [5.41, 5.74) is 3.72. The van der Waals surface area contributed by atoms with E-state index in [0.29, 0.717) is 16.7 Å². The van der Waals surface area contributed by atoms with Crippen molar-refractivity contribution in [1.82, 2.24) is 15.2 Å². The van der Waals surface area contributed by atoms with Crippen LogP contribution in [-0.4, -0.2) is 40.5 Å². The summed E-state index contributed by atoms with van der Waals surface area (Å²) in [6.07, 6.45) is 0. The van der Waals surface area contributed by atoms with E-state index < -0.39 is 15.9 Å². The van der Waals surface area contributed by atoms with E-state index in [-0.39, 0.29) is 10.6 Å². The molecule has 1 heterocycles. The molecular formula is C23H22N4O4S. The Morgan fingerprint density at radius 2 is 1.62 bits per heavy atom. The van der Waals surface area contributed by atoms with Crippen molar-refractivity contribution in [2.75, 3.05) is 26.1 Å². The molecule has 0 radical (unpaired) electrons. The molecule has 0 aliphatic heterocycles. The third-order valence-electron chi connectivity index (χ3n) is 5.06. The van der Waals surface area contributed by atoms with Crippen LogP contribution in [0.5, 0.6) is 5.75 Å². The maximum absolute atomic E-state index is 13.0. The van der Waals surface area contributed by atoms with Crippen LogP contribution in [0.4, 0.5) is 5.69 Å². The van der Waals surface area contributed by atoms with E-state index in [2.05, 4.69) is 15.2 Å². The lowest BCUT2D eigenvalue weighted by Gasteiger charge is -2.17. The number of fused-ring (bicyclic) bond motifs is 2. The number of hydrazine groups is 1. The van der Waals surface area contributed by atoms with Crippen molar-refractivity contribution in [3.8, 4) is 5.75 Å². The number of sulfonamides is 1. The van der Waals surface area contributed by atoms with Crippen molar-refractivity contribution in [2.45, 2.75) is 4.90 Å². The Hall–Kier alpha value is -3.69. The molecule has 4 aromatic rings. The van der Waals surface area contributed by atoms with Crippen molar-refractivity contribution >= 4 is 43.3 Å². The van der Waals surface area contributed by atoms with Gasteiger partial charge in [0.25, 0.3) is 15.9 Å². The number of hydrogen-bond donors (Lipinski definition) is 2. The monoisotopic (exact) mass is 450 g/mol. The molecule has 0 saturated carbocycles. The number of aromatic nitrogens is 1. The number of amides is 1. The zero-order chi connectivity index (χ0) is 22.9. The van der Waals surface area contributed by atoms with E-state index >= 15 is 0 Å². The van der Waals surface area contributed by atoms with Crippen LogP contribution in [0.15, 0.2) is 71.6 Å². The number of carbonyl (C=O) groups is 1. The molecule has 1 aromatic heterocycles. The predicted octanol–water partition coefficient (Wildman–Crippen LogP) is 3.09. The number of nitrogens with zero attached hydrogens (tertiary/aromatic N) is 2. The Morgan fingerprint density at radius 1 is 0.938 bits per heavy atom. The topological polar surface area (TPSA) is 101 Å². The van der Waals surface area contributed by atoms with Crippen LogP contribution in [0.2, 0.25) is 0 Å². The van der Waals surface area contributed by atoms with Crippen molar-refractivity contribution in [2.24, 2.45) is 0 Å². The maximum Gasteiger partial charge on any atom is 0.284 e. The van der Waals surface area contributed by atoms with E-state index in [1.54, 1.807) is 30.3 Å². The molecule has 9 heteroatoms. The fourth-order valence-electron chi connectivity index (χ4n) is 3.55. The molecule has 3 aromatic carbocycles. The van der Waals surface area contributed by atoms with E-state index in [1.807, 2.05) is 43.3 Å². The van der Waals surface area contributed by atoms with E-state index in [4.69, 9.17) is 4.74 Å². The van der Waals surface area contributed by atoms with Gasteiger partial charge in [0, 0.05) is 42.0 Å². The summed E-state index contributed by atoms with van der Waals surface area (Å²) in [6, 6.07) is 19.1. The van der Waals surface area contributed by atoms with Gasteiger partial charge in [0.05, 0.1) is 17.5 Å². The van der Waals surface area contributed by atoms with Crippen LogP contribution in [0.1, 0.15) is 10.5 Å². The largest absolute Gasteiger partial charge is 0.496 e. The maximum atomic E-state index is 13.0. The minimum absolute atomic E-state index is 0.0241. The summed E-state index contributed by atoms with van der Waals surface area (Å²) < 4.78 is 31.4. The lowest BCUT2D eigenvalue weighted by atomic mass is 10.1. The first kappa shape index (κ1) is 21.5. The first-order valence-electron chi connectivity index (χ1n) is 9.77. The molecule has 8 nitrogen and oxygen atoms in total. The van der Waals surface area contributed by atoms with Crippen molar-refractivity contribution in [3.63, 3.8) is 0 Å². The third-order valence-corrected chi connectivity index (χ3v) is 6.37. The number of para-hydroxylation sites is 1. The number of carbonyl (C=O) groups excluding carboxylic acids is 1. The number of hydrogen-bond acceptors (Lipinski definition) is 6. The van der Waals surface area contributed by atoms with Crippen LogP contribution in [0, 0.1) is 0 Å². The molecular weight excluding hydrogens is 428 g/mol. The van der Waals surface area contributed by atoms with Crippen molar-refractivity contribution in [3.05, 3.63) is 72.4 Å². The second-order valence-electron chi connectivity index (χ2n) is 7.31. The highest BCUT2D eigenvalue weighted by molar-refractivity contribution is 7.89. The zero-order valence-electron chi connectivity index (χ0n) is 17.8. The minimum Gasteiger partial charge on any atom is -0.496 e. The number of pyridine rings is 1. The summed E-state index contributed by atoms with van der Waals surface area (Å²) in [4.78, 5) is 21.1. The highest BCUT2D eigenvalue weighted by Crippen LogP contribution is 2.30. The Bertz CT molecular complexity index is 1430. The quantitative estimate of drug-likeness (QED) is 0.438. The Labute approximate surface area is 185 Å². The zero-order valence-corrected chi connectivity index (χ0v) is 18.6. The Kier molecular flexibility index (Phi) is 5.68. The molecule has 0 aliphatic carbocycles. The molecule has 1 amide bonds. The molecule has 0 bridgehead atoms. The van der Waals surface area contributed by atoms with Crippen LogP contribution in [-0.2, 0) is 10.0 Å². The summed E-state index contributed by atoms with van der Waals surface area (Å²) in [5.74, 6) is -0.235. The van der Waals surface area contributed by atoms with E-state index in [1.165, 1.54) is 19.2 Å². The molecule has 4 rings (SSSR count). The van der Waals surface area contributed by atoms with Gasteiger partial charge in [0.2, 0.25) is 0 Å². The van der Waals surface area contributed by atoms with Gasteiger partial charge in [0.1, 0.15) is 11.4 Å². The SMILES string of the molecule is COc1cc(C(=O)NNS(=O)(=O)c2cccc3c(N(C)C)cccc23)nc2ccccc12. The van der Waals surface area contributed by atoms with Crippen LogP contribution in [0.25, 0.3) is 21.7 Å². The second kappa shape index (κ2) is 8.45. The highest BCUT2D eigenvalue weighted by atomic mass is 32.2. The summed E-state index contributed by atoms with van der Waals surface area (Å²) in [7, 11) is 1.22. The number of anilines is 1. The van der Waals surface area contributed by atoms with Gasteiger partial charge in [-0.15, -0.1) is 4.83 Å². The Morgan fingerprint density at radius 3 is 2.38 bits per heavy atom. The van der Waals surface area contributed by atoms with Gasteiger partial charge in [-0.25, -0.2) is 13.4 Å². The summed E-state index contributed by atoms with van der Waals surface area (Å²) in [5, 5.41) is 2.08. The smallest absolute Gasteiger partial charge is 0.284 e. The van der Waals surface area contributed by atoms with Crippen molar-refractivity contribution in [1.29, 1.82) is 0 Å².